The van der Waals surface area contributed by atoms with Gasteiger partial charge < -0.3 is 4.74 Å². The molecule has 0 radical (unpaired) electrons. The third kappa shape index (κ3) is 3.14. The van der Waals surface area contributed by atoms with E-state index in [1.807, 2.05) is 42.5 Å². The number of benzene rings is 3. The van der Waals surface area contributed by atoms with Gasteiger partial charge in [-0.05, 0) is 11.6 Å². The number of hydrogen-bond acceptors (Lipinski definition) is 4. The van der Waals surface area contributed by atoms with E-state index in [1.165, 1.54) is 0 Å². The number of thioether (sulfide) groups is 1. The number of rotatable bonds is 5. The average Bonchev–Trinajstić information content (AvgIpc) is 2.59. The fourth-order valence-electron chi connectivity index (χ4n) is 2.51. The molecule has 0 saturated heterocycles. The van der Waals surface area contributed by atoms with Gasteiger partial charge in [-0.25, -0.2) is 0 Å². The molecular formula is C18H15NO3S. The molecule has 0 atom stereocenters. The van der Waals surface area contributed by atoms with Gasteiger partial charge in [0.1, 0.15) is 5.75 Å². The lowest BCUT2D eigenvalue weighted by Crippen LogP contribution is -1.95. The molecule has 0 amide bonds. The summed E-state index contributed by atoms with van der Waals surface area (Å²) in [5, 5.41) is 12.8. The van der Waals surface area contributed by atoms with Gasteiger partial charge in [-0.3, -0.25) is 10.1 Å². The van der Waals surface area contributed by atoms with E-state index in [0.717, 1.165) is 21.6 Å². The molecular weight excluding hydrogens is 310 g/mol. The summed E-state index contributed by atoms with van der Waals surface area (Å²) in [6.45, 7) is 0. The highest BCUT2D eigenvalue weighted by atomic mass is 32.2. The molecule has 3 rings (SSSR count). The lowest BCUT2D eigenvalue weighted by atomic mass is 10.1. The van der Waals surface area contributed by atoms with E-state index in [4.69, 9.17) is 4.74 Å². The largest absolute Gasteiger partial charge is 0.495 e. The van der Waals surface area contributed by atoms with Crippen molar-refractivity contribution in [3.63, 3.8) is 0 Å². The fourth-order valence-corrected chi connectivity index (χ4v) is 3.54. The Hall–Kier alpha value is -2.53. The molecule has 0 fully saturated rings. The van der Waals surface area contributed by atoms with Crippen molar-refractivity contribution in [2.24, 2.45) is 0 Å². The number of nitrogens with zero attached hydrogens (tertiary/aromatic N) is 1. The number of nitro benzene ring substituents is 1. The third-order valence-corrected chi connectivity index (χ3v) is 4.67. The monoisotopic (exact) mass is 325 g/mol. The molecule has 0 spiro atoms. The predicted octanol–water partition coefficient (Wildman–Crippen LogP) is 5.05. The Morgan fingerprint density at radius 1 is 1.04 bits per heavy atom. The summed E-state index contributed by atoms with van der Waals surface area (Å²) in [7, 11) is 1.60. The second kappa shape index (κ2) is 6.71. The molecule has 0 unspecified atom stereocenters. The Bertz CT molecular complexity index is 850. The average molecular weight is 325 g/mol. The van der Waals surface area contributed by atoms with Crippen LogP contribution in [0.25, 0.3) is 10.8 Å². The van der Waals surface area contributed by atoms with Gasteiger partial charge in [0.2, 0.25) is 0 Å². The lowest BCUT2D eigenvalue weighted by Gasteiger charge is -2.12. The molecule has 0 aliphatic heterocycles. The van der Waals surface area contributed by atoms with E-state index in [1.54, 1.807) is 37.1 Å². The summed E-state index contributed by atoms with van der Waals surface area (Å²) in [5.41, 5.74) is 1.27. The molecule has 0 aliphatic carbocycles. The summed E-state index contributed by atoms with van der Waals surface area (Å²) >= 11 is 1.54. The van der Waals surface area contributed by atoms with Gasteiger partial charge in [0.05, 0.1) is 22.3 Å². The van der Waals surface area contributed by atoms with Gasteiger partial charge in [-0.1, -0.05) is 48.5 Å². The van der Waals surface area contributed by atoms with E-state index in [0.29, 0.717) is 11.1 Å². The molecule has 0 aliphatic rings. The highest BCUT2D eigenvalue weighted by Crippen LogP contribution is 2.42. The van der Waals surface area contributed by atoms with Crippen LogP contribution in [0.2, 0.25) is 0 Å². The Labute approximate surface area is 138 Å². The van der Waals surface area contributed by atoms with Crippen LogP contribution < -0.4 is 4.74 Å². The van der Waals surface area contributed by atoms with Crippen molar-refractivity contribution < 1.29 is 9.66 Å². The highest BCUT2D eigenvalue weighted by Gasteiger charge is 2.19. The standard InChI is InChI=1S/C18H15NO3S/c1-22-18-15-10-6-5-9-14(15)16(19(20)21)11-17(18)23-12-13-7-3-2-4-8-13/h2-11H,12H2,1H3. The van der Waals surface area contributed by atoms with E-state index in [9.17, 15) is 10.1 Å². The van der Waals surface area contributed by atoms with Crippen molar-refractivity contribution in [1.82, 2.24) is 0 Å². The van der Waals surface area contributed by atoms with Crippen LogP contribution in [-0.4, -0.2) is 12.0 Å². The van der Waals surface area contributed by atoms with Gasteiger partial charge in [-0.15, -0.1) is 11.8 Å². The van der Waals surface area contributed by atoms with Gasteiger partial charge >= 0.3 is 0 Å². The zero-order valence-corrected chi connectivity index (χ0v) is 13.4. The molecule has 0 saturated carbocycles. The molecule has 0 heterocycles. The number of nitro groups is 1. The molecule has 116 valence electrons. The number of non-ortho nitro benzene ring substituents is 1. The van der Waals surface area contributed by atoms with E-state index < -0.39 is 0 Å². The van der Waals surface area contributed by atoms with Crippen molar-refractivity contribution in [2.45, 2.75) is 10.6 Å². The first-order valence-electron chi connectivity index (χ1n) is 7.11. The molecule has 3 aromatic carbocycles. The molecule has 0 bridgehead atoms. The summed E-state index contributed by atoms with van der Waals surface area (Å²) in [5.74, 6) is 1.42. The maximum Gasteiger partial charge on any atom is 0.278 e. The molecule has 3 aromatic rings. The van der Waals surface area contributed by atoms with Crippen LogP contribution in [0.3, 0.4) is 0 Å². The van der Waals surface area contributed by atoms with E-state index in [-0.39, 0.29) is 10.6 Å². The number of ether oxygens (including phenoxy) is 1. The van der Waals surface area contributed by atoms with Crippen molar-refractivity contribution in [3.8, 4) is 5.75 Å². The first-order chi connectivity index (χ1) is 11.2. The minimum atomic E-state index is -0.339. The van der Waals surface area contributed by atoms with Gasteiger partial charge in [0, 0.05) is 17.2 Å². The number of fused-ring (bicyclic) bond motifs is 1. The highest BCUT2D eigenvalue weighted by molar-refractivity contribution is 7.98. The Morgan fingerprint density at radius 2 is 1.70 bits per heavy atom. The van der Waals surface area contributed by atoms with E-state index >= 15 is 0 Å². The molecule has 0 N–H and O–H groups in total. The zero-order valence-electron chi connectivity index (χ0n) is 12.6. The normalized spacial score (nSPS) is 10.7. The van der Waals surface area contributed by atoms with Crippen LogP contribution in [0.5, 0.6) is 5.75 Å². The summed E-state index contributed by atoms with van der Waals surface area (Å²) in [6.07, 6.45) is 0. The summed E-state index contributed by atoms with van der Waals surface area (Å²) in [4.78, 5) is 11.8. The summed E-state index contributed by atoms with van der Waals surface area (Å²) in [6, 6.07) is 18.9. The van der Waals surface area contributed by atoms with Crippen molar-refractivity contribution in [1.29, 1.82) is 0 Å². The van der Waals surface area contributed by atoms with Crippen LogP contribution in [0.4, 0.5) is 5.69 Å². The maximum atomic E-state index is 11.4. The van der Waals surface area contributed by atoms with Crippen molar-refractivity contribution in [2.75, 3.05) is 7.11 Å². The van der Waals surface area contributed by atoms with Crippen LogP contribution in [-0.2, 0) is 5.75 Å². The van der Waals surface area contributed by atoms with Crippen LogP contribution >= 0.6 is 11.8 Å². The Morgan fingerprint density at radius 3 is 2.35 bits per heavy atom. The molecule has 0 aromatic heterocycles. The van der Waals surface area contributed by atoms with Crippen LogP contribution in [0.1, 0.15) is 5.56 Å². The molecule has 4 nitrogen and oxygen atoms in total. The topological polar surface area (TPSA) is 52.4 Å². The minimum absolute atomic E-state index is 0.108. The number of hydrogen-bond donors (Lipinski definition) is 0. The van der Waals surface area contributed by atoms with Crippen molar-refractivity contribution in [3.05, 3.63) is 76.3 Å². The molecule has 23 heavy (non-hydrogen) atoms. The predicted molar refractivity (Wildman–Crippen MR) is 93.2 cm³/mol. The Kier molecular flexibility index (Phi) is 4.48. The van der Waals surface area contributed by atoms with Gasteiger partial charge in [0.25, 0.3) is 5.69 Å². The maximum absolute atomic E-state index is 11.4. The second-order valence-corrected chi connectivity index (χ2v) is 6.02. The molecule has 5 heteroatoms. The quantitative estimate of drug-likeness (QED) is 0.374. The lowest BCUT2D eigenvalue weighted by molar-refractivity contribution is -0.383. The smallest absolute Gasteiger partial charge is 0.278 e. The third-order valence-electron chi connectivity index (χ3n) is 3.58. The van der Waals surface area contributed by atoms with E-state index in [2.05, 4.69) is 0 Å². The fraction of sp³-hybridized carbons (Fsp3) is 0.111. The second-order valence-electron chi connectivity index (χ2n) is 5.00. The zero-order chi connectivity index (χ0) is 16.2. The van der Waals surface area contributed by atoms with Crippen molar-refractivity contribution >= 4 is 28.2 Å². The van der Waals surface area contributed by atoms with Crippen LogP contribution in [0, 0.1) is 10.1 Å². The first kappa shape index (κ1) is 15.4. The minimum Gasteiger partial charge on any atom is -0.495 e. The number of methoxy groups -OCH3 is 1. The summed E-state index contributed by atoms with van der Waals surface area (Å²) < 4.78 is 5.54. The first-order valence-corrected chi connectivity index (χ1v) is 8.10. The van der Waals surface area contributed by atoms with Gasteiger partial charge in [0.15, 0.2) is 0 Å². The Balaban J connectivity index is 2.06. The van der Waals surface area contributed by atoms with Gasteiger partial charge in [-0.2, -0.15) is 0 Å². The van der Waals surface area contributed by atoms with Crippen LogP contribution in [0.15, 0.2) is 65.6 Å². The SMILES string of the molecule is COc1c(SCc2ccccc2)cc([N+](=O)[O-])c2ccccc12.